The molecule has 2 fully saturated rings. The van der Waals surface area contributed by atoms with E-state index in [1.54, 1.807) is 0 Å². The molecular formula is C17H19F2NO3. The van der Waals surface area contributed by atoms with Crippen molar-refractivity contribution in [3.05, 3.63) is 29.8 Å². The lowest BCUT2D eigenvalue weighted by Gasteiger charge is -2.20. The SMILES string of the molecule is O=C(COC(=O)C[C@H]1C[C@H]2CC[C@@H]1C2)Nc1ccc(F)cc1F. The van der Waals surface area contributed by atoms with Crippen molar-refractivity contribution < 1.29 is 23.1 Å². The van der Waals surface area contributed by atoms with Gasteiger partial charge in [0.05, 0.1) is 5.69 Å². The summed E-state index contributed by atoms with van der Waals surface area (Å²) in [5, 5.41) is 2.26. The van der Waals surface area contributed by atoms with Gasteiger partial charge in [-0.2, -0.15) is 0 Å². The molecule has 1 aromatic rings. The molecule has 0 radical (unpaired) electrons. The fourth-order valence-corrected chi connectivity index (χ4v) is 3.82. The predicted octanol–water partition coefficient (Wildman–Crippen LogP) is 3.27. The van der Waals surface area contributed by atoms with Gasteiger partial charge in [0.25, 0.3) is 5.91 Å². The second kappa shape index (κ2) is 6.64. The summed E-state index contributed by atoms with van der Waals surface area (Å²) in [6.07, 6.45) is 5.09. The van der Waals surface area contributed by atoms with Crippen LogP contribution in [0.3, 0.4) is 0 Å². The first-order chi connectivity index (χ1) is 11.0. The zero-order valence-electron chi connectivity index (χ0n) is 12.7. The Kier molecular flexibility index (Phi) is 4.59. The number of carbonyl (C=O) groups is 2. The molecule has 0 unspecified atom stereocenters. The number of fused-ring (bicyclic) bond motifs is 2. The third-order valence-corrected chi connectivity index (χ3v) is 4.88. The quantitative estimate of drug-likeness (QED) is 0.846. The minimum Gasteiger partial charge on any atom is -0.456 e. The molecule has 6 heteroatoms. The monoisotopic (exact) mass is 323 g/mol. The van der Waals surface area contributed by atoms with Crippen molar-refractivity contribution in [3.8, 4) is 0 Å². The Hall–Kier alpha value is -1.98. The Labute approximate surface area is 133 Å². The van der Waals surface area contributed by atoms with Gasteiger partial charge in [0.2, 0.25) is 0 Å². The Morgan fingerprint density at radius 1 is 1.22 bits per heavy atom. The van der Waals surface area contributed by atoms with Gasteiger partial charge in [-0.15, -0.1) is 0 Å². The number of anilines is 1. The largest absolute Gasteiger partial charge is 0.456 e. The molecule has 2 aliphatic rings. The molecule has 3 atom stereocenters. The lowest BCUT2D eigenvalue weighted by molar-refractivity contribution is -0.148. The molecule has 0 saturated heterocycles. The average Bonchev–Trinajstić information content (AvgIpc) is 3.11. The smallest absolute Gasteiger partial charge is 0.306 e. The van der Waals surface area contributed by atoms with Crippen LogP contribution in [-0.4, -0.2) is 18.5 Å². The fraction of sp³-hybridized carbons (Fsp3) is 0.529. The Morgan fingerprint density at radius 3 is 2.70 bits per heavy atom. The molecule has 23 heavy (non-hydrogen) atoms. The standard InChI is InChI=1S/C17H19F2NO3/c18-13-3-4-15(14(19)8-13)20-16(21)9-23-17(22)7-12-6-10-1-2-11(12)5-10/h3-4,8,10-12H,1-2,5-7,9H2,(H,20,21)/t10-,11+,12+/m0/s1. The van der Waals surface area contributed by atoms with Crippen molar-refractivity contribution in [1.29, 1.82) is 0 Å². The van der Waals surface area contributed by atoms with Gasteiger partial charge < -0.3 is 10.1 Å². The van der Waals surface area contributed by atoms with Gasteiger partial charge in [-0.3, -0.25) is 9.59 Å². The molecule has 1 N–H and O–H groups in total. The summed E-state index contributed by atoms with van der Waals surface area (Å²) in [4.78, 5) is 23.5. The summed E-state index contributed by atoms with van der Waals surface area (Å²) in [7, 11) is 0. The highest BCUT2D eigenvalue weighted by Gasteiger charge is 2.40. The van der Waals surface area contributed by atoms with E-state index in [4.69, 9.17) is 4.74 Å². The number of esters is 1. The van der Waals surface area contributed by atoms with Crippen LogP contribution in [0.5, 0.6) is 0 Å². The van der Waals surface area contributed by atoms with E-state index in [1.165, 1.54) is 19.3 Å². The minimum absolute atomic E-state index is 0.138. The maximum absolute atomic E-state index is 13.4. The highest BCUT2D eigenvalue weighted by molar-refractivity contribution is 5.92. The number of ether oxygens (including phenoxy) is 1. The molecule has 2 bridgehead atoms. The average molecular weight is 323 g/mol. The molecule has 4 nitrogen and oxygen atoms in total. The molecule has 3 rings (SSSR count). The normalized spacial score (nSPS) is 25.4. The molecule has 0 heterocycles. The maximum atomic E-state index is 13.4. The van der Waals surface area contributed by atoms with E-state index in [0.29, 0.717) is 24.3 Å². The van der Waals surface area contributed by atoms with Gasteiger partial charge >= 0.3 is 5.97 Å². The molecule has 0 spiro atoms. The van der Waals surface area contributed by atoms with Crippen molar-refractivity contribution in [1.82, 2.24) is 0 Å². The van der Waals surface area contributed by atoms with Crippen LogP contribution in [0, 0.1) is 29.4 Å². The van der Waals surface area contributed by atoms with Gasteiger partial charge in [0.15, 0.2) is 6.61 Å². The number of rotatable bonds is 5. The van der Waals surface area contributed by atoms with Crippen LogP contribution in [0.4, 0.5) is 14.5 Å². The van der Waals surface area contributed by atoms with Gasteiger partial charge in [0, 0.05) is 12.5 Å². The predicted molar refractivity (Wildman–Crippen MR) is 79.5 cm³/mol. The zero-order valence-corrected chi connectivity index (χ0v) is 12.7. The van der Waals surface area contributed by atoms with E-state index in [1.807, 2.05) is 0 Å². The van der Waals surface area contributed by atoms with E-state index >= 15 is 0 Å². The molecule has 0 aliphatic heterocycles. The number of nitrogens with one attached hydrogen (secondary N) is 1. The lowest BCUT2D eigenvalue weighted by Crippen LogP contribution is -2.23. The summed E-state index contributed by atoms with van der Waals surface area (Å²) in [6, 6.07) is 2.84. The van der Waals surface area contributed by atoms with Crippen LogP contribution in [0.25, 0.3) is 0 Å². The Balaban J connectivity index is 1.42. The summed E-state index contributed by atoms with van der Waals surface area (Å²) in [6.45, 7) is -0.462. The highest BCUT2D eigenvalue weighted by atomic mass is 19.1. The summed E-state index contributed by atoms with van der Waals surface area (Å²) < 4.78 is 31.1. The first kappa shape index (κ1) is 15.9. The van der Waals surface area contributed by atoms with Gasteiger partial charge in [0.1, 0.15) is 11.6 Å². The fourth-order valence-electron chi connectivity index (χ4n) is 3.82. The van der Waals surface area contributed by atoms with E-state index in [9.17, 15) is 18.4 Å². The van der Waals surface area contributed by atoms with Crippen molar-refractivity contribution in [2.24, 2.45) is 17.8 Å². The lowest BCUT2D eigenvalue weighted by atomic mass is 9.86. The minimum atomic E-state index is -0.869. The third-order valence-electron chi connectivity index (χ3n) is 4.88. The van der Waals surface area contributed by atoms with Crippen LogP contribution >= 0.6 is 0 Å². The van der Waals surface area contributed by atoms with Crippen LogP contribution in [-0.2, 0) is 14.3 Å². The van der Waals surface area contributed by atoms with Crippen molar-refractivity contribution in [2.45, 2.75) is 32.1 Å². The summed E-state index contributed by atoms with van der Waals surface area (Å²) in [5.41, 5.74) is -0.138. The highest BCUT2D eigenvalue weighted by Crippen LogP contribution is 2.49. The first-order valence-electron chi connectivity index (χ1n) is 7.92. The number of hydrogen-bond donors (Lipinski definition) is 1. The number of benzene rings is 1. The van der Waals surface area contributed by atoms with E-state index in [0.717, 1.165) is 24.5 Å². The maximum Gasteiger partial charge on any atom is 0.306 e. The second-order valence-corrected chi connectivity index (χ2v) is 6.47. The number of hydrogen-bond acceptors (Lipinski definition) is 3. The first-order valence-corrected chi connectivity index (χ1v) is 7.92. The molecule has 1 aromatic carbocycles. The number of carbonyl (C=O) groups excluding carboxylic acids is 2. The molecule has 0 aromatic heterocycles. The summed E-state index contributed by atoms with van der Waals surface area (Å²) >= 11 is 0. The van der Waals surface area contributed by atoms with Crippen LogP contribution in [0.15, 0.2) is 18.2 Å². The number of amides is 1. The summed E-state index contributed by atoms with van der Waals surface area (Å²) in [5.74, 6) is -0.880. The van der Waals surface area contributed by atoms with Gasteiger partial charge in [-0.1, -0.05) is 6.42 Å². The molecule has 2 aliphatic carbocycles. The second-order valence-electron chi connectivity index (χ2n) is 6.47. The van der Waals surface area contributed by atoms with Crippen molar-refractivity contribution in [2.75, 3.05) is 11.9 Å². The molecular weight excluding hydrogens is 304 g/mol. The zero-order chi connectivity index (χ0) is 16.4. The van der Waals surface area contributed by atoms with Crippen LogP contribution < -0.4 is 5.32 Å². The molecule has 1 amide bonds. The third kappa shape index (κ3) is 3.86. The van der Waals surface area contributed by atoms with Crippen LogP contribution in [0.2, 0.25) is 0 Å². The topological polar surface area (TPSA) is 55.4 Å². The van der Waals surface area contributed by atoms with E-state index in [2.05, 4.69) is 5.32 Å². The van der Waals surface area contributed by atoms with Gasteiger partial charge in [-0.25, -0.2) is 8.78 Å². The van der Waals surface area contributed by atoms with Crippen molar-refractivity contribution >= 4 is 17.6 Å². The molecule has 124 valence electrons. The van der Waals surface area contributed by atoms with Gasteiger partial charge in [-0.05, 0) is 49.1 Å². The van der Waals surface area contributed by atoms with E-state index < -0.39 is 30.1 Å². The number of halogens is 2. The van der Waals surface area contributed by atoms with E-state index in [-0.39, 0.29) is 5.69 Å². The Morgan fingerprint density at radius 2 is 2.04 bits per heavy atom. The molecule has 2 saturated carbocycles. The Bertz CT molecular complexity index is 620. The van der Waals surface area contributed by atoms with Crippen LogP contribution in [0.1, 0.15) is 32.1 Å². The van der Waals surface area contributed by atoms with Crippen molar-refractivity contribution in [3.63, 3.8) is 0 Å².